The zero-order chi connectivity index (χ0) is 19.2. The molecule has 2 aromatic rings. The van der Waals surface area contributed by atoms with Crippen molar-refractivity contribution in [3.63, 3.8) is 0 Å². The van der Waals surface area contributed by atoms with Crippen molar-refractivity contribution in [1.82, 2.24) is 10.5 Å². The van der Waals surface area contributed by atoms with Gasteiger partial charge in [-0.15, -0.1) is 0 Å². The zero-order valence-corrected chi connectivity index (χ0v) is 16.4. The first-order valence-corrected chi connectivity index (χ1v) is 10.1. The van der Waals surface area contributed by atoms with Gasteiger partial charge >= 0.3 is 0 Å². The molecule has 1 N–H and O–H groups in total. The van der Waals surface area contributed by atoms with Gasteiger partial charge in [0.25, 0.3) is 5.24 Å². The largest absolute Gasteiger partial charge is 0.489 e. The molecule has 144 valence electrons. The number of hydrogen-bond acceptors (Lipinski definition) is 6. The van der Waals surface area contributed by atoms with Crippen LogP contribution in [0.25, 0.3) is 0 Å². The molecule has 2 amide bonds. The number of amides is 2. The molecule has 0 bridgehead atoms. The van der Waals surface area contributed by atoms with Crippen LogP contribution in [-0.2, 0) is 17.8 Å². The monoisotopic (exact) mass is 388 g/mol. The second kappa shape index (κ2) is 9.08. The van der Waals surface area contributed by atoms with Crippen LogP contribution in [0.2, 0.25) is 0 Å². The molecule has 27 heavy (non-hydrogen) atoms. The summed E-state index contributed by atoms with van der Waals surface area (Å²) in [6.07, 6.45) is 4.82. The quantitative estimate of drug-likeness (QED) is 0.644. The molecule has 1 fully saturated rings. The minimum absolute atomic E-state index is 0.142. The van der Waals surface area contributed by atoms with Crippen molar-refractivity contribution in [2.24, 2.45) is 0 Å². The normalized spacial score (nSPS) is 16.6. The number of benzene rings is 1. The van der Waals surface area contributed by atoms with Crippen LogP contribution >= 0.6 is 11.8 Å². The highest BCUT2D eigenvalue weighted by Gasteiger charge is 2.30. The van der Waals surface area contributed by atoms with E-state index in [1.165, 1.54) is 5.56 Å². The highest BCUT2D eigenvalue weighted by atomic mass is 32.2. The van der Waals surface area contributed by atoms with Gasteiger partial charge in [0.1, 0.15) is 18.1 Å². The van der Waals surface area contributed by atoms with Crippen LogP contribution in [0.3, 0.4) is 0 Å². The van der Waals surface area contributed by atoms with E-state index in [2.05, 4.69) is 22.6 Å². The van der Waals surface area contributed by atoms with Crippen molar-refractivity contribution < 1.29 is 18.8 Å². The summed E-state index contributed by atoms with van der Waals surface area (Å²) in [7, 11) is 0. The van der Waals surface area contributed by atoms with E-state index in [0.717, 1.165) is 66.6 Å². The zero-order valence-electron chi connectivity index (χ0n) is 15.6. The highest BCUT2D eigenvalue weighted by Crippen LogP contribution is 2.24. The predicted molar refractivity (Wildman–Crippen MR) is 104 cm³/mol. The number of rotatable bonds is 9. The summed E-state index contributed by atoms with van der Waals surface area (Å²) in [6.45, 7) is 4.25. The van der Waals surface area contributed by atoms with Gasteiger partial charge in [0, 0.05) is 0 Å². The Balaban J connectivity index is 1.35. The molecule has 0 aliphatic carbocycles. The third-order valence-corrected chi connectivity index (χ3v) is 5.74. The number of nitrogens with zero attached hydrogens (tertiary/aromatic N) is 1. The first-order chi connectivity index (χ1) is 13.0. The Labute approximate surface area is 163 Å². The molecule has 1 aromatic heterocycles. The Morgan fingerprint density at radius 2 is 1.93 bits per heavy atom. The number of carbonyl (C=O) groups is 2. The fourth-order valence-electron chi connectivity index (χ4n) is 3.03. The van der Waals surface area contributed by atoms with Crippen LogP contribution < -0.4 is 10.1 Å². The number of unbranched alkanes of at least 4 members (excludes halogenated alkanes) is 2. The van der Waals surface area contributed by atoms with Crippen molar-refractivity contribution in [2.45, 2.75) is 57.8 Å². The second-order valence-corrected chi connectivity index (χ2v) is 7.89. The van der Waals surface area contributed by atoms with Crippen LogP contribution in [-0.4, -0.2) is 21.6 Å². The SMILES string of the molecule is Cc1noc(C)c1COc1ccc(CCCCCC2SC(=O)NC2=O)cc1. The molecular formula is C20H24N2O4S. The summed E-state index contributed by atoms with van der Waals surface area (Å²) in [5.41, 5.74) is 3.12. The lowest BCUT2D eigenvalue weighted by molar-refractivity contribution is -0.119. The van der Waals surface area contributed by atoms with Gasteiger partial charge in [-0.25, -0.2) is 0 Å². The van der Waals surface area contributed by atoms with E-state index in [0.29, 0.717) is 6.61 Å². The van der Waals surface area contributed by atoms with Crippen molar-refractivity contribution in [3.8, 4) is 5.75 Å². The average Bonchev–Trinajstić information content (AvgIpc) is 3.14. The predicted octanol–water partition coefficient (Wildman–Crippen LogP) is 4.32. The van der Waals surface area contributed by atoms with Crippen molar-refractivity contribution in [3.05, 3.63) is 46.8 Å². The van der Waals surface area contributed by atoms with Gasteiger partial charge in [-0.1, -0.05) is 41.9 Å². The van der Waals surface area contributed by atoms with Crippen molar-refractivity contribution in [1.29, 1.82) is 0 Å². The van der Waals surface area contributed by atoms with Gasteiger partial charge in [0.15, 0.2) is 0 Å². The van der Waals surface area contributed by atoms with E-state index in [9.17, 15) is 9.59 Å². The van der Waals surface area contributed by atoms with Gasteiger partial charge in [0.2, 0.25) is 5.91 Å². The van der Waals surface area contributed by atoms with Gasteiger partial charge in [-0.05, 0) is 50.8 Å². The number of carbonyl (C=O) groups excluding carboxylic acids is 2. The maximum atomic E-state index is 11.5. The highest BCUT2D eigenvalue weighted by molar-refractivity contribution is 8.15. The summed E-state index contributed by atoms with van der Waals surface area (Å²) < 4.78 is 11.0. The molecule has 1 atom stereocenters. The van der Waals surface area contributed by atoms with E-state index in [4.69, 9.17) is 9.26 Å². The molecule has 6 nitrogen and oxygen atoms in total. The Kier molecular flexibility index (Phi) is 6.55. The van der Waals surface area contributed by atoms with E-state index >= 15 is 0 Å². The average molecular weight is 388 g/mol. The van der Waals surface area contributed by atoms with Gasteiger partial charge in [-0.2, -0.15) is 0 Å². The van der Waals surface area contributed by atoms with Gasteiger partial charge < -0.3 is 9.26 Å². The fraction of sp³-hybridized carbons (Fsp3) is 0.450. The topological polar surface area (TPSA) is 81.4 Å². The lowest BCUT2D eigenvalue weighted by Gasteiger charge is -2.08. The summed E-state index contributed by atoms with van der Waals surface area (Å²) in [6, 6.07) is 8.14. The second-order valence-electron chi connectivity index (χ2n) is 6.72. The third-order valence-electron chi connectivity index (χ3n) is 4.69. The maximum Gasteiger partial charge on any atom is 0.286 e. The maximum absolute atomic E-state index is 11.5. The van der Waals surface area contributed by atoms with E-state index in [-0.39, 0.29) is 16.4 Å². The Bertz CT molecular complexity index is 781. The molecule has 3 rings (SSSR count). The Hall–Kier alpha value is -2.28. The molecule has 1 aromatic carbocycles. The summed E-state index contributed by atoms with van der Waals surface area (Å²) in [5, 5.41) is 5.84. The van der Waals surface area contributed by atoms with Gasteiger partial charge in [-0.3, -0.25) is 14.9 Å². The van der Waals surface area contributed by atoms with Crippen molar-refractivity contribution in [2.75, 3.05) is 0 Å². The van der Waals surface area contributed by atoms with Crippen LogP contribution in [0.5, 0.6) is 5.75 Å². The molecule has 0 radical (unpaired) electrons. The van der Waals surface area contributed by atoms with E-state index in [1.807, 2.05) is 26.0 Å². The minimum atomic E-state index is -0.221. The lowest BCUT2D eigenvalue weighted by atomic mass is 10.1. The van der Waals surface area contributed by atoms with E-state index in [1.54, 1.807) is 0 Å². The molecule has 0 saturated carbocycles. The van der Waals surface area contributed by atoms with Crippen LogP contribution in [0.4, 0.5) is 4.79 Å². The molecule has 0 spiro atoms. The Morgan fingerprint density at radius 3 is 2.56 bits per heavy atom. The fourth-order valence-corrected chi connectivity index (χ4v) is 3.90. The summed E-state index contributed by atoms with van der Waals surface area (Å²) in [5.74, 6) is 1.48. The molecule has 1 aliphatic rings. The first kappa shape index (κ1) is 19.5. The number of aryl methyl sites for hydroxylation is 3. The van der Waals surface area contributed by atoms with Gasteiger partial charge in [0.05, 0.1) is 16.5 Å². The molecule has 1 aliphatic heterocycles. The smallest absolute Gasteiger partial charge is 0.286 e. The number of ether oxygens (including phenoxy) is 1. The molecule has 7 heteroatoms. The van der Waals surface area contributed by atoms with Crippen LogP contribution in [0.1, 0.15) is 48.3 Å². The molecule has 1 unspecified atom stereocenters. The first-order valence-electron chi connectivity index (χ1n) is 9.18. The standard InChI is InChI=1S/C20H24N2O4S/c1-13-17(14(2)26-22-13)12-25-16-10-8-15(9-11-16)6-4-3-5-7-18-19(23)21-20(24)27-18/h8-11,18H,3-7,12H2,1-2H3,(H,21,23,24). The number of imide groups is 1. The lowest BCUT2D eigenvalue weighted by Crippen LogP contribution is -2.24. The van der Waals surface area contributed by atoms with Crippen molar-refractivity contribution >= 4 is 22.9 Å². The summed E-state index contributed by atoms with van der Waals surface area (Å²) >= 11 is 1.11. The number of aromatic nitrogens is 1. The number of hydrogen-bond donors (Lipinski definition) is 1. The number of thioether (sulfide) groups is 1. The van der Waals surface area contributed by atoms with E-state index < -0.39 is 0 Å². The molecular weight excluding hydrogens is 364 g/mol. The Morgan fingerprint density at radius 1 is 1.15 bits per heavy atom. The van der Waals surface area contributed by atoms with Crippen LogP contribution in [0.15, 0.2) is 28.8 Å². The minimum Gasteiger partial charge on any atom is -0.489 e. The molecule has 2 heterocycles. The third kappa shape index (κ3) is 5.35. The van der Waals surface area contributed by atoms with Crippen LogP contribution in [0, 0.1) is 13.8 Å². The summed E-state index contributed by atoms with van der Waals surface area (Å²) in [4.78, 5) is 22.6. The molecule has 1 saturated heterocycles. The number of nitrogens with one attached hydrogen (secondary N) is 1.